The van der Waals surface area contributed by atoms with Gasteiger partial charge in [0.2, 0.25) is 5.91 Å². The average molecular weight is 289 g/mol. The first-order valence-electron chi connectivity index (χ1n) is 6.02. The van der Waals surface area contributed by atoms with Gasteiger partial charge in [0.1, 0.15) is 18.2 Å². The van der Waals surface area contributed by atoms with Crippen molar-refractivity contribution >= 4 is 11.9 Å². The zero-order valence-corrected chi connectivity index (χ0v) is 10.9. The molecular formula is C15H12FNO4. The number of hydrogen-bond acceptors (Lipinski definition) is 3. The Bertz CT molecular complexity index is 683. The van der Waals surface area contributed by atoms with Crippen molar-refractivity contribution < 1.29 is 23.8 Å². The summed E-state index contributed by atoms with van der Waals surface area (Å²) >= 11 is 0. The van der Waals surface area contributed by atoms with Crippen molar-refractivity contribution in [3.05, 3.63) is 65.0 Å². The molecule has 0 spiro atoms. The number of carbonyl (C=O) groups is 2. The van der Waals surface area contributed by atoms with Crippen molar-refractivity contribution in [1.82, 2.24) is 0 Å². The van der Waals surface area contributed by atoms with Crippen molar-refractivity contribution in [1.29, 1.82) is 0 Å². The Hall–Kier alpha value is -2.89. The van der Waals surface area contributed by atoms with Gasteiger partial charge in [0.15, 0.2) is 0 Å². The van der Waals surface area contributed by atoms with Crippen LogP contribution in [0.25, 0.3) is 0 Å². The Morgan fingerprint density at radius 3 is 2.24 bits per heavy atom. The molecule has 3 N–H and O–H groups in total. The monoisotopic (exact) mass is 289 g/mol. The number of rotatable bonds is 5. The number of ether oxygens (including phenoxy) is 1. The summed E-state index contributed by atoms with van der Waals surface area (Å²) in [5.41, 5.74) is 5.54. The number of carboxylic acids is 1. The lowest BCUT2D eigenvalue weighted by atomic mass is 10.1. The quantitative estimate of drug-likeness (QED) is 0.883. The summed E-state index contributed by atoms with van der Waals surface area (Å²) in [7, 11) is 0. The molecule has 5 nitrogen and oxygen atoms in total. The molecule has 0 aliphatic heterocycles. The van der Waals surface area contributed by atoms with E-state index in [1.165, 1.54) is 36.4 Å². The Labute approximate surface area is 119 Å². The van der Waals surface area contributed by atoms with Crippen molar-refractivity contribution in [2.45, 2.75) is 6.61 Å². The molecule has 0 atom stereocenters. The van der Waals surface area contributed by atoms with Crippen LogP contribution in [0.3, 0.4) is 0 Å². The Morgan fingerprint density at radius 2 is 1.71 bits per heavy atom. The summed E-state index contributed by atoms with van der Waals surface area (Å²) in [4.78, 5) is 21.6. The molecule has 0 unspecified atom stereocenters. The van der Waals surface area contributed by atoms with Gasteiger partial charge in [-0.3, -0.25) is 4.79 Å². The molecule has 6 heteroatoms. The number of aromatic carboxylic acids is 1. The van der Waals surface area contributed by atoms with Crippen molar-refractivity contribution in [2.75, 3.05) is 0 Å². The molecule has 0 aliphatic rings. The van der Waals surface area contributed by atoms with Gasteiger partial charge >= 0.3 is 5.97 Å². The minimum Gasteiger partial charge on any atom is -0.489 e. The maximum atomic E-state index is 13.7. The fourth-order valence-electron chi connectivity index (χ4n) is 1.67. The third kappa shape index (κ3) is 3.56. The van der Waals surface area contributed by atoms with Gasteiger partial charge in [-0.2, -0.15) is 0 Å². The van der Waals surface area contributed by atoms with Crippen LogP contribution in [0, 0.1) is 5.82 Å². The summed E-state index contributed by atoms with van der Waals surface area (Å²) in [6, 6.07) is 9.64. The normalized spacial score (nSPS) is 10.1. The van der Waals surface area contributed by atoms with Crippen LogP contribution in [0.1, 0.15) is 26.3 Å². The van der Waals surface area contributed by atoms with E-state index in [2.05, 4.69) is 0 Å². The summed E-state index contributed by atoms with van der Waals surface area (Å²) in [5, 5.41) is 8.76. The van der Waals surface area contributed by atoms with Gasteiger partial charge in [0.05, 0.1) is 5.56 Å². The molecule has 0 fully saturated rings. The topological polar surface area (TPSA) is 89.6 Å². The highest BCUT2D eigenvalue weighted by atomic mass is 19.1. The highest BCUT2D eigenvalue weighted by Gasteiger charge is 2.08. The number of amides is 1. The first kappa shape index (κ1) is 14.5. The molecule has 2 rings (SSSR count). The zero-order chi connectivity index (χ0) is 15.4. The number of nitrogens with two attached hydrogens (primary N) is 1. The highest BCUT2D eigenvalue weighted by Crippen LogP contribution is 2.16. The molecule has 0 saturated carbocycles. The first-order valence-corrected chi connectivity index (χ1v) is 6.02. The largest absolute Gasteiger partial charge is 0.489 e. The first-order chi connectivity index (χ1) is 9.97. The van der Waals surface area contributed by atoms with Crippen LogP contribution in [-0.4, -0.2) is 17.0 Å². The van der Waals surface area contributed by atoms with Crippen LogP contribution in [0.5, 0.6) is 5.75 Å². The second kappa shape index (κ2) is 6.04. The van der Waals surface area contributed by atoms with Crippen LogP contribution in [-0.2, 0) is 6.61 Å². The Morgan fingerprint density at radius 1 is 1.10 bits per heavy atom. The maximum Gasteiger partial charge on any atom is 0.335 e. The fraction of sp³-hybridized carbons (Fsp3) is 0.0667. The zero-order valence-electron chi connectivity index (χ0n) is 10.9. The van der Waals surface area contributed by atoms with Gasteiger partial charge in [0.25, 0.3) is 0 Å². The van der Waals surface area contributed by atoms with Gasteiger partial charge in [-0.25, -0.2) is 9.18 Å². The lowest BCUT2D eigenvalue weighted by Gasteiger charge is -2.08. The molecule has 0 radical (unpaired) electrons. The van der Waals surface area contributed by atoms with Crippen molar-refractivity contribution in [3.8, 4) is 5.75 Å². The number of carboxylic acid groups (broad SMARTS) is 1. The Balaban J connectivity index is 2.06. The number of primary amides is 1. The van der Waals surface area contributed by atoms with Crippen LogP contribution in [0.15, 0.2) is 42.5 Å². The molecule has 0 bridgehead atoms. The van der Waals surface area contributed by atoms with Gasteiger partial charge in [0, 0.05) is 11.1 Å². The highest BCUT2D eigenvalue weighted by molar-refractivity contribution is 5.92. The van der Waals surface area contributed by atoms with Crippen LogP contribution in [0.2, 0.25) is 0 Å². The molecular weight excluding hydrogens is 277 g/mol. The predicted octanol–water partition coefficient (Wildman–Crippen LogP) is 2.20. The van der Waals surface area contributed by atoms with Crippen molar-refractivity contribution in [2.24, 2.45) is 5.73 Å². The van der Waals surface area contributed by atoms with E-state index >= 15 is 0 Å². The van der Waals surface area contributed by atoms with Gasteiger partial charge in [-0.1, -0.05) is 6.07 Å². The van der Waals surface area contributed by atoms with E-state index in [4.69, 9.17) is 15.6 Å². The van der Waals surface area contributed by atoms with Crippen LogP contribution >= 0.6 is 0 Å². The van der Waals surface area contributed by atoms with E-state index in [0.29, 0.717) is 5.75 Å². The molecule has 0 aliphatic carbocycles. The smallest absolute Gasteiger partial charge is 0.335 e. The minimum absolute atomic E-state index is 0.0444. The molecule has 2 aromatic carbocycles. The second-order valence-electron chi connectivity index (χ2n) is 4.29. The molecule has 0 aromatic heterocycles. The van der Waals surface area contributed by atoms with E-state index in [-0.39, 0.29) is 23.3 Å². The summed E-state index contributed by atoms with van der Waals surface area (Å²) in [6.07, 6.45) is 0. The Kier molecular flexibility index (Phi) is 4.18. The molecule has 0 saturated heterocycles. The minimum atomic E-state index is -1.03. The van der Waals surface area contributed by atoms with E-state index in [9.17, 15) is 14.0 Å². The van der Waals surface area contributed by atoms with Crippen LogP contribution < -0.4 is 10.5 Å². The second-order valence-corrected chi connectivity index (χ2v) is 4.29. The molecule has 2 aromatic rings. The standard InChI is InChI=1S/C15H12FNO4/c16-13-7-10(14(17)18)1-2-11(13)8-21-12-5-3-9(4-6-12)15(19)20/h1-7H,8H2,(H2,17,18)(H,19,20). The number of halogens is 1. The summed E-state index contributed by atoms with van der Waals surface area (Å²) in [6.45, 7) is -0.0444. The lowest BCUT2D eigenvalue weighted by molar-refractivity contribution is 0.0696. The van der Waals surface area contributed by atoms with E-state index in [1.807, 2.05) is 0 Å². The summed E-state index contributed by atoms with van der Waals surface area (Å²) in [5.74, 6) is -1.91. The number of hydrogen-bond donors (Lipinski definition) is 2. The molecule has 108 valence electrons. The SMILES string of the molecule is NC(=O)c1ccc(COc2ccc(C(=O)O)cc2)c(F)c1. The fourth-order valence-corrected chi connectivity index (χ4v) is 1.67. The third-order valence-electron chi connectivity index (χ3n) is 2.83. The van der Waals surface area contributed by atoms with Crippen molar-refractivity contribution in [3.63, 3.8) is 0 Å². The predicted molar refractivity (Wildman–Crippen MR) is 72.7 cm³/mol. The molecule has 0 heterocycles. The van der Waals surface area contributed by atoms with E-state index in [1.54, 1.807) is 0 Å². The van der Waals surface area contributed by atoms with Crippen LogP contribution in [0.4, 0.5) is 4.39 Å². The van der Waals surface area contributed by atoms with Gasteiger partial charge in [-0.05, 0) is 36.4 Å². The van der Waals surface area contributed by atoms with Gasteiger partial charge < -0.3 is 15.6 Å². The maximum absolute atomic E-state index is 13.7. The van der Waals surface area contributed by atoms with E-state index < -0.39 is 17.7 Å². The third-order valence-corrected chi connectivity index (χ3v) is 2.83. The number of carbonyl (C=O) groups excluding carboxylic acids is 1. The molecule has 21 heavy (non-hydrogen) atoms. The molecule has 1 amide bonds. The number of benzene rings is 2. The lowest BCUT2D eigenvalue weighted by Crippen LogP contribution is -2.11. The average Bonchev–Trinajstić information content (AvgIpc) is 2.46. The van der Waals surface area contributed by atoms with Gasteiger partial charge in [-0.15, -0.1) is 0 Å². The summed E-state index contributed by atoms with van der Waals surface area (Å²) < 4.78 is 19.1. The van der Waals surface area contributed by atoms with E-state index in [0.717, 1.165) is 6.07 Å².